The first-order valence-corrected chi connectivity index (χ1v) is 9.51. The minimum absolute atomic E-state index is 0.243. The zero-order chi connectivity index (χ0) is 19.4. The summed E-state index contributed by atoms with van der Waals surface area (Å²) in [4.78, 5) is 0. The van der Waals surface area contributed by atoms with E-state index in [-0.39, 0.29) is 6.61 Å². The van der Waals surface area contributed by atoms with Gasteiger partial charge in [0.25, 0.3) is 0 Å². The molecular formula is C21H23ClO2S2. The Labute approximate surface area is 172 Å². The van der Waals surface area contributed by atoms with Crippen molar-refractivity contribution in [1.82, 2.24) is 0 Å². The molecule has 5 heteroatoms. The summed E-state index contributed by atoms with van der Waals surface area (Å²) in [7, 11) is 0. The fourth-order valence-electron chi connectivity index (χ4n) is 2.04. The highest BCUT2D eigenvalue weighted by Gasteiger charge is 2.25. The van der Waals surface area contributed by atoms with Gasteiger partial charge in [0.05, 0.1) is 0 Å². The summed E-state index contributed by atoms with van der Waals surface area (Å²) in [6.07, 6.45) is 6.91. The van der Waals surface area contributed by atoms with Gasteiger partial charge in [0, 0.05) is 5.54 Å². The maximum Gasteiger partial charge on any atom is 0.148 e. The van der Waals surface area contributed by atoms with Crippen molar-refractivity contribution in [1.29, 1.82) is 0 Å². The van der Waals surface area contributed by atoms with Gasteiger partial charge in [-0.1, -0.05) is 55.6 Å². The van der Waals surface area contributed by atoms with Gasteiger partial charge in [-0.15, -0.1) is 6.42 Å². The summed E-state index contributed by atoms with van der Waals surface area (Å²) in [5.74, 6) is 3.90. The van der Waals surface area contributed by atoms with Gasteiger partial charge in [-0.2, -0.15) is 25.3 Å². The van der Waals surface area contributed by atoms with Crippen LogP contribution in [0.15, 0.2) is 60.1 Å². The molecule has 2 aromatic rings. The van der Waals surface area contributed by atoms with Gasteiger partial charge in [0.15, 0.2) is 0 Å². The Morgan fingerprint density at radius 2 is 1.42 bits per heavy atom. The fraction of sp³-hybridized carbons (Fsp3) is 0.238. The van der Waals surface area contributed by atoms with E-state index in [1.165, 1.54) is 5.54 Å². The largest absolute Gasteiger partial charge is 0.490 e. The molecule has 0 spiro atoms. The van der Waals surface area contributed by atoms with E-state index in [9.17, 15) is 0 Å². The highest BCUT2D eigenvalue weighted by atomic mass is 35.5. The number of ether oxygens (including phenoxy) is 2. The molecule has 0 heterocycles. The molecule has 0 bridgehead atoms. The van der Waals surface area contributed by atoms with Crippen LogP contribution in [-0.2, 0) is 4.08 Å². The molecule has 0 aliphatic heterocycles. The van der Waals surface area contributed by atoms with E-state index in [4.69, 9.17) is 52.8 Å². The van der Waals surface area contributed by atoms with E-state index in [0.717, 1.165) is 16.9 Å². The third-order valence-corrected chi connectivity index (χ3v) is 4.48. The Balaban J connectivity index is 0.00000163. The van der Waals surface area contributed by atoms with Crippen molar-refractivity contribution in [2.45, 2.75) is 17.9 Å². The van der Waals surface area contributed by atoms with Crippen molar-refractivity contribution in [3.8, 4) is 23.8 Å². The summed E-state index contributed by atoms with van der Waals surface area (Å²) in [5, 5.41) is 0. The maximum atomic E-state index is 5.52. The fourth-order valence-corrected chi connectivity index (χ4v) is 2.71. The Morgan fingerprint density at radius 1 is 0.962 bits per heavy atom. The standard InChI is InChI=1S/C19H17ClO2S2.C2H6/c1-2-13-21-17-8-4-15(5-9-17)19(23,24)16-6-10-18(11-7-16)22-14-3-12-20;1-2/h1,3-12,23-24H,13-14H2;1-2H3/b12-3+;. The topological polar surface area (TPSA) is 18.5 Å². The third-order valence-electron chi connectivity index (χ3n) is 3.27. The Kier molecular flexibility index (Phi) is 10.2. The zero-order valence-corrected chi connectivity index (χ0v) is 17.4. The molecule has 0 atom stereocenters. The van der Waals surface area contributed by atoms with Crippen LogP contribution in [-0.4, -0.2) is 13.2 Å². The lowest BCUT2D eigenvalue weighted by atomic mass is 10.0. The van der Waals surface area contributed by atoms with Crippen LogP contribution in [0.3, 0.4) is 0 Å². The maximum absolute atomic E-state index is 5.52. The van der Waals surface area contributed by atoms with Gasteiger partial charge in [0.1, 0.15) is 28.8 Å². The van der Waals surface area contributed by atoms with Crippen LogP contribution in [0, 0.1) is 12.3 Å². The number of halogens is 1. The molecule has 2 nitrogen and oxygen atoms in total. The van der Waals surface area contributed by atoms with Crippen molar-refractivity contribution in [3.63, 3.8) is 0 Å². The predicted octanol–water partition coefficient (Wildman–Crippen LogP) is 5.92. The Morgan fingerprint density at radius 3 is 1.85 bits per heavy atom. The van der Waals surface area contributed by atoms with Gasteiger partial charge in [0.2, 0.25) is 0 Å². The van der Waals surface area contributed by atoms with Crippen LogP contribution >= 0.6 is 36.9 Å². The van der Waals surface area contributed by atoms with Crippen molar-refractivity contribution in [3.05, 3.63) is 71.3 Å². The smallest absolute Gasteiger partial charge is 0.148 e. The first-order chi connectivity index (χ1) is 12.6. The lowest BCUT2D eigenvalue weighted by Gasteiger charge is -2.24. The van der Waals surface area contributed by atoms with Gasteiger partial charge >= 0.3 is 0 Å². The Bertz CT molecular complexity index is 717. The third kappa shape index (κ3) is 6.57. The minimum Gasteiger partial charge on any atom is -0.490 e. The molecule has 0 saturated carbocycles. The van der Waals surface area contributed by atoms with Crippen molar-refractivity contribution in [2.24, 2.45) is 0 Å². The van der Waals surface area contributed by atoms with Gasteiger partial charge in [-0.05, 0) is 41.5 Å². The zero-order valence-electron chi connectivity index (χ0n) is 14.9. The molecule has 0 aromatic heterocycles. The molecule has 0 saturated heterocycles. The number of thiol groups is 2. The first kappa shape index (κ1) is 22.4. The molecule has 26 heavy (non-hydrogen) atoms. The van der Waals surface area contributed by atoms with Crippen LogP contribution in [0.1, 0.15) is 25.0 Å². The van der Waals surface area contributed by atoms with E-state index in [1.807, 2.05) is 62.4 Å². The molecule has 2 rings (SSSR count). The quantitative estimate of drug-likeness (QED) is 0.338. The predicted molar refractivity (Wildman–Crippen MR) is 118 cm³/mol. The van der Waals surface area contributed by atoms with E-state index >= 15 is 0 Å². The normalized spacial score (nSPS) is 10.6. The summed E-state index contributed by atoms with van der Waals surface area (Å²) < 4.78 is 10.2. The van der Waals surface area contributed by atoms with E-state index in [2.05, 4.69) is 5.92 Å². The average molecular weight is 407 g/mol. The number of rotatable bonds is 7. The number of benzene rings is 2. The monoisotopic (exact) mass is 406 g/mol. The minimum atomic E-state index is -0.737. The summed E-state index contributed by atoms with van der Waals surface area (Å²) in [6, 6.07) is 15.2. The lowest BCUT2D eigenvalue weighted by Crippen LogP contribution is -2.12. The molecule has 2 aromatic carbocycles. The summed E-state index contributed by atoms with van der Waals surface area (Å²) in [5.41, 5.74) is 3.30. The molecule has 0 aliphatic carbocycles. The second-order valence-electron chi connectivity index (χ2n) is 4.89. The molecule has 0 N–H and O–H groups in total. The second kappa shape index (κ2) is 11.9. The van der Waals surface area contributed by atoms with Crippen molar-refractivity contribution >= 4 is 36.9 Å². The highest BCUT2D eigenvalue weighted by Crippen LogP contribution is 2.40. The first-order valence-electron chi connectivity index (χ1n) is 8.18. The molecule has 0 aliphatic rings. The van der Waals surface area contributed by atoms with Crippen molar-refractivity contribution in [2.75, 3.05) is 13.2 Å². The molecule has 138 valence electrons. The van der Waals surface area contributed by atoms with Crippen LogP contribution in [0.25, 0.3) is 0 Å². The van der Waals surface area contributed by atoms with Gasteiger partial charge in [-0.25, -0.2) is 0 Å². The van der Waals surface area contributed by atoms with Crippen LogP contribution in [0.4, 0.5) is 0 Å². The van der Waals surface area contributed by atoms with Gasteiger partial charge in [-0.3, -0.25) is 0 Å². The number of hydrogen-bond acceptors (Lipinski definition) is 4. The molecule has 0 amide bonds. The lowest BCUT2D eigenvalue weighted by molar-refractivity contribution is 0.363. The molecule has 0 radical (unpaired) electrons. The summed E-state index contributed by atoms with van der Waals surface area (Å²) in [6.45, 7) is 4.67. The van der Waals surface area contributed by atoms with E-state index < -0.39 is 4.08 Å². The molecular weight excluding hydrogens is 384 g/mol. The van der Waals surface area contributed by atoms with Gasteiger partial charge < -0.3 is 9.47 Å². The van der Waals surface area contributed by atoms with Crippen LogP contribution in [0.5, 0.6) is 11.5 Å². The summed E-state index contributed by atoms with van der Waals surface area (Å²) >= 11 is 14.9. The number of terminal acetylenes is 1. The Hall–Kier alpha value is -1.67. The van der Waals surface area contributed by atoms with Crippen LogP contribution in [0.2, 0.25) is 0 Å². The van der Waals surface area contributed by atoms with Crippen molar-refractivity contribution < 1.29 is 9.47 Å². The second-order valence-corrected chi connectivity index (χ2v) is 6.83. The highest BCUT2D eigenvalue weighted by molar-refractivity contribution is 8.00. The molecule has 0 unspecified atom stereocenters. The average Bonchev–Trinajstić information content (AvgIpc) is 2.69. The van der Waals surface area contributed by atoms with Crippen LogP contribution < -0.4 is 9.47 Å². The number of hydrogen-bond donors (Lipinski definition) is 2. The van der Waals surface area contributed by atoms with E-state index in [1.54, 1.807) is 6.08 Å². The SMILES string of the molecule is C#CCOc1ccc(C(S)(S)c2ccc(OC/C=C/Cl)cc2)cc1.CC. The molecule has 0 fully saturated rings. The van der Waals surface area contributed by atoms with E-state index in [0.29, 0.717) is 12.4 Å².